The van der Waals surface area contributed by atoms with Crippen LogP contribution in [0.1, 0.15) is 90.0 Å². The third-order valence-corrected chi connectivity index (χ3v) is 6.65. The van der Waals surface area contributed by atoms with Crippen molar-refractivity contribution in [3.05, 3.63) is 29.9 Å². The van der Waals surface area contributed by atoms with Gasteiger partial charge >= 0.3 is 0 Å². The van der Waals surface area contributed by atoms with Gasteiger partial charge in [0.2, 0.25) is 17.8 Å². The van der Waals surface area contributed by atoms with Gasteiger partial charge in [0.05, 0.1) is 11.9 Å². The van der Waals surface area contributed by atoms with Gasteiger partial charge in [-0.15, -0.1) is 0 Å². The van der Waals surface area contributed by atoms with E-state index in [0.29, 0.717) is 29.7 Å². The summed E-state index contributed by atoms with van der Waals surface area (Å²) in [7, 11) is 0. The van der Waals surface area contributed by atoms with Gasteiger partial charge < -0.3 is 16.4 Å². The van der Waals surface area contributed by atoms with E-state index in [-0.39, 0.29) is 11.7 Å². The van der Waals surface area contributed by atoms with Crippen molar-refractivity contribution in [1.82, 2.24) is 19.5 Å². The zero-order valence-electron chi connectivity index (χ0n) is 20.0. The van der Waals surface area contributed by atoms with Crippen LogP contribution in [0, 0.1) is 0 Å². The molecular formula is C25H36FN7O. The molecule has 0 saturated heterocycles. The highest BCUT2D eigenvalue weighted by atomic mass is 19.1. The SMILES string of the molecule is CC(N)=O.FC1=CCCC=C1Nc1nc2cnc(NC3CCCCC3)nc2n1C1CCCCC1. The molecule has 2 fully saturated rings. The second-order valence-electron chi connectivity index (χ2n) is 9.46. The topological polar surface area (TPSA) is 111 Å². The Morgan fingerprint density at radius 2 is 1.68 bits per heavy atom. The van der Waals surface area contributed by atoms with E-state index in [0.717, 1.165) is 36.8 Å². The van der Waals surface area contributed by atoms with Crippen LogP contribution in [0.2, 0.25) is 0 Å². The maximum absolute atomic E-state index is 14.3. The zero-order valence-corrected chi connectivity index (χ0v) is 20.0. The van der Waals surface area contributed by atoms with Gasteiger partial charge in [-0.25, -0.2) is 14.4 Å². The second kappa shape index (κ2) is 11.4. The lowest BCUT2D eigenvalue weighted by Crippen LogP contribution is -2.23. The Morgan fingerprint density at radius 3 is 2.35 bits per heavy atom. The molecule has 1 amide bonds. The number of halogens is 1. The van der Waals surface area contributed by atoms with Crippen molar-refractivity contribution in [2.45, 2.75) is 96.1 Å². The van der Waals surface area contributed by atoms with E-state index in [9.17, 15) is 9.18 Å². The maximum Gasteiger partial charge on any atom is 0.224 e. The number of rotatable bonds is 5. The van der Waals surface area contributed by atoms with E-state index in [1.54, 1.807) is 12.3 Å². The highest BCUT2D eigenvalue weighted by Gasteiger charge is 2.25. The summed E-state index contributed by atoms with van der Waals surface area (Å²) in [6.45, 7) is 1.31. The Bertz CT molecular complexity index is 1040. The molecule has 4 N–H and O–H groups in total. The average Bonchev–Trinajstić information content (AvgIpc) is 3.18. The summed E-state index contributed by atoms with van der Waals surface area (Å²) < 4.78 is 16.5. The molecule has 184 valence electrons. The van der Waals surface area contributed by atoms with Crippen molar-refractivity contribution in [3.63, 3.8) is 0 Å². The number of nitrogens with two attached hydrogens (primary N) is 1. The Labute approximate surface area is 200 Å². The molecule has 0 atom stereocenters. The molecule has 2 heterocycles. The van der Waals surface area contributed by atoms with Crippen LogP contribution in [-0.2, 0) is 4.79 Å². The Kier molecular flexibility index (Phi) is 8.13. The largest absolute Gasteiger partial charge is 0.370 e. The fraction of sp³-hybridized carbons (Fsp3) is 0.600. The Hall–Kier alpha value is -2.97. The van der Waals surface area contributed by atoms with Crippen LogP contribution in [0.15, 0.2) is 29.9 Å². The van der Waals surface area contributed by atoms with Crippen LogP contribution in [-0.4, -0.2) is 31.5 Å². The molecule has 0 aliphatic heterocycles. The minimum absolute atomic E-state index is 0.200. The van der Waals surface area contributed by atoms with Crippen molar-refractivity contribution in [3.8, 4) is 0 Å². The summed E-state index contributed by atoms with van der Waals surface area (Å²) in [5.74, 6) is 0.827. The van der Waals surface area contributed by atoms with Gasteiger partial charge in [-0.2, -0.15) is 4.98 Å². The van der Waals surface area contributed by atoms with E-state index in [2.05, 4.69) is 25.9 Å². The molecule has 0 radical (unpaired) electrons. The lowest BCUT2D eigenvalue weighted by molar-refractivity contribution is -0.115. The number of allylic oxidation sites excluding steroid dienone is 3. The number of carbonyl (C=O) groups excluding carboxylic acids is 1. The van der Waals surface area contributed by atoms with E-state index >= 15 is 0 Å². The van der Waals surface area contributed by atoms with Gasteiger partial charge in [-0.3, -0.25) is 9.36 Å². The van der Waals surface area contributed by atoms with Crippen molar-refractivity contribution in [1.29, 1.82) is 0 Å². The molecule has 3 aliphatic carbocycles. The Morgan fingerprint density at radius 1 is 1.03 bits per heavy atom. The third kappa shape index (κ3) is 6.12. The molecule has 9 heteroatoms. The second-order valence-corrected chi connectivity index (χ2v) is 9.46. The van der Waals surface area contributed by atoms with Gasteiger partial charge in [-0.05, 0) is 44.6 Å². The summed E-state index contributed by atoms with van der Waals surface area (Å²) in [6.07, 6.45) is 19.1. The highest BCUT2D eigenvalue weighted by Crippen LogP contribution is 2.35. The van der Waals surface area contributed by atoms with E-state index in [1.165, 1.54) is 58.3 Å². The van der Waals surface area contributed by atoms with E-state index in [1.807, 2.05) is 6.08 Å². The molecule has 0 unspecified atom stereocenters. The van der Waals surface area contributed by atoms with Gasteiger partial charge in [0.25, 0.3) is 0 Å². The first-order valence-electron chi connectivity index (χ1n) is 12.6. The fourth-order valence-electron chi connectivity index (χ4n) is 5.04. The number of aromatic nitrogens is 4. The molecule has 2 aromatic rings. The minimum atomic E-state index is -0.333. The highest BCUT2D eigenvalue weighted by molar-refractivity contribution is 5.76. The zero-order chi connectivity index (χ0) is 23.9. The molecular weight excluding hydrogens is 433 g/mol. The number of imidazole rings is 1. The van der Waals surface area contributed by atoms with Crippen LogP contribution in [0.25, 0.3) is 11.2 Å². The van der Waals surface area contributed by atoms with Crippen LogP contribution >= 0.6 is 0 Å². The van der Waals surface area contributed by atoms with Gasteiger partial charge in [0.15, 0.2) is 5.65 Å². The number of hydrogen-bond acceptors (Lipinski definition) is 6. The number of hydrogen-bond donors (Lipinski definition) is 3. The molecule has 0 spiro atoms. The molecule has 2 aromatic heterocycles. The molecule has 34 heavy (non-hydrogen) atoms. The average molecular weight is 470 g/mol. The first-order chi connectivity index (χ1) is 16.5. The van der Waals surface area contributed by atoms with Crippen molar-refractivity contribution < 1.29 is 9.18 Å². The van der Waals surface area contributed by atoms with Gasteiger partial charge in [0.1, 0.15) is 11.3 Å². The molecule has 2 saturated carbocycles. The molecule has 0 bridgehead atoms. The monoisotopic (exact) mass is 469 g/mol. The van der Waals surface area contributed by atoms with Gasteiger partial charge in [0, 0.05) is 19.0 Å². The summed E-state index contributed by atoms with van der Waals surface area (Å²) in [5, 5.41) is 6.80. The summed E-state index contributed by atoms with van der Waals surface area (Å²) in [4.78, 5) is 23.4. The van der Waals surface area contributed by atoms with Crippen LogP contribution in [0.4, 0.5) is 16.3 Å². The summed E-state index contributed by atoms with van der Waals surface area (Å²) in [6, 6.07) is 0.784. The third-order valence-electron chi connectivity index (χ3n) is 6.65. The van der Waals surface area contributed by atoms with E-state index < -0.39 is 0 Å². The number of nitrogens with zero attached hydrogens (tertiary/aromatic N) is 4. The fourth-order valence-corrected chi connectivity index (χ4v) is 5.04. The molecule has 5 rings (SSSR count). The first kappa shape index (κ1) is 24.2. The maximum atomic E-state index is 14.3. The molecule has 8 nitrogen and oxygen atoms in total. The molecule has 3 aliphatic rings. The lowest BCUT2D eigenvalue weighted by atomic mass is 9.95. The number of amides is 1. The number of anilines is 2. The Balaban J connectivity index is 0.000000636. The van der Waals surface area contributed by atoms with Crippen LogP contribution in [0.5, 0.6) is 0 Å². The van der Waals surface area contributed by atoms with Gasteiger partial charge in [-0.1, -0.05) is 44.6 Å². The number of primary amides is 1. The standard InChI is InChI=1S/C23H31FN6.C2H5NO/c24-18-13-7-8-14-19(18)27-23-28-20-15-25-22(26-16-9-3-1-4-10-16)29-21(20)30(23)17-11-5-2-6-12-17;1-2(3)4/h13-17H,1-12H2,(H,27,28)(H,25,26,29);1H3,(H2,3,4). The minimum Gasteiger partial charge on any atom is -0.370 e. The lowest BCUT2D eigenvalue weighted by Gasteiger charge is -2.26. The normalized spacial score (nSPS) is 19.6. The van der Waals surface area contributed by atoms with Crippen molar-refractivity contribution in [2.24, 2.45) is 5.73 Å². The van der Waals surface area contributed by atoms with Crippen LogP contribution in [0.3, 0.4) is 0 Å². The number of fused-ring (bicyclic) bond motifs is 1. The number of carbonyl (C=O) groups is 1. The van der Waals surface area contributed by atoms with Crippen molar-refractivity contribution >= 4 is 29.0 Å². The quantitative estimate of drug-likeness (QED) is 0.532. The summed E-state index contributed by atoms with van der Waals surface area (Å²) >= 11 is 0. The predicted octanol–water partition coefficient (Wildman–Crippen LogP) is 5.51. The van der Waals surface area contributed by atoms with Crippen molar-refractivity contribution in [2.75, 3.05) is 10.6 Å². The summed E-state index contributed by atoms with van der Waals surface area (Å²) in [5.41, 5.74) is 6.60. The molecule has 0 aromatic carbocycles. The smallest absolute Gasteiger partial charge is 0.224 e. The number of nitrogens with one attached hydrogen (secondary N) is 2. The van der Waals surface area contributed by atoms with E-state index in [4.69, 9.17) is 9.97 Å². The predicted molar refractivity (Wildman–Crippen MR) is 133 cm³/mol. The first-order valence-corrected chi connectivity index (χ1v) is 12.6. The van der Waals surface area contributed by atoms with Crippen LogP contribution < -0.4 is 16.4 Å².